The van der Waals surface area contributed by atoms with Gasteiger partial charge in [-0.25, -0.2) is 8.42 Å². The number of nitrogens with zero attached hydrogens (tertiary/aromatic N) is 2. The second-order valence-corrected chi connectivity index (χ2v) is 9.99. The Morgan fingerprint density at radius 1 is 1.10 bits per heavy atom. The van der Waals surface area contributed by atoms with Gasteiger partial charge in [0, 0.05) is 37.3 Å². The van der Waals surface area contributed by atoms with Crippen LogP contribution in [0.25, 0.3) is 0 Å². The first-order valence-corrected chi connectivity index (χ1v) is 11.7. The Morgan fingerprint density at radius 2 is 1.90 bits per heavy atom. The molecule has 2 amide bonds. The summed E-state index contributed by atoms with van der Waals surface area (Å²) in [6.45, 7) is 4.89. The van der Waals surface area contributed by atoms with Gasteiger partial charge >= 0.3 is 0 Å². The quantitative estimate of drug-likeness (QED) is 0.741. The Balaban J connectivity index is 1.48. The first-order chi connectivity index (χ1) is 13.9. The summed E-state index contributed by atoms with van der Waals surface area (Å²) in [5.74, 6) is 0.0886. The highest BCUT2D eigenvalue weighted by Gasteiger charge is 2.37. The molecule has 3 aliphatic rings. The lowest BCUT2D eigenvalue weighted by Gasteiger charge is -2.21. The van der Waals surface area contributed by atoms with Crippen LogP contribution < -0.4 is 10.2 Å². The summed E-state index contributed by atoms with van der Waals surface area (Å²) >= 11 is 0. The molecule has 1 aromatic rings. The average molecular weight is 418 g/mol. The van der Waals surface area contributed by atoms with Crippen molar-refractivity contribution in [2.75, 3.05) is 24.5 Å². The van der Waals surface area contributed by atoms with Crippen LogP contribution in [0.1, 0.15) is 37.7 Å². The van der Waals surface area contributed by atoms with E-state index in [2.05, 4.69) is 11.9 Å². The van der Waals surface area contributed by atoms with Gasteiger partial charge in [0.2, 0.25) is 21.8 Å². The number of hydrogen-bond donors (Lipinski definition) is 1. The summed E-state index contributed by atoms with van der Waals surface area (Å²) in [7, 11) is -3.61. The molecule has 8 heteroatoms. The fraction of sp³-hybridized carbons (Fsp3) is 0.524. The molecular formula is C21H27N3O4S. The van der Waals surface area contributed by atoms with Gasteiger partial charge in [-0.1, -0.05) is 6.58 Å². The van der Waals surface area contributed by atoms with E-state index in [0.717, 1.165) is 30.5 Å². The average Bonchev–Trinajstić information content (AvgIpc) is 3.51. The third kappa shape index (κ3) is 4.09. The van der Waals surface area contributed by atoms with Crippen molar-refractivity contribution in [3.05, 3.63) is 36.4 Å². The summed E-state index contributed by atoms with van der Waals surface area (Å²) in [5.41, 5.74) is 1.77. The van der Waals surface area contributed by atoms with Gasteiger partial charge in [-0.15, -0.1) is 0 Å². The summed E-state index contributed by atoms with van der Waals surface area (Å²) in [6, 6.07) is 5.09. The van der Waals surface area contributed by atoms with E-state index in [1.807, 2.05) is 4.90 Å². The first-order valence-electron chi connectivity index (χ1n) is 10.3. The van der Waals surface area contributed by atoms with E-state index < -0.39 is 10.0 Å². The van der Waals surface area contributed by atoms with E-state index in [9.17, 15) is 18.0 Å². The minimum absolute atomic E-state index is 0.0392. The monoisotopic (exact) mass is 417 g/mol. The van der Waals surface area contributed by atoms with Crippen LogP contribution in [0.3, 0.4) is 0 Å². The lowest BCUT2D eigenvalue weighted by molar-refractivity contribution is -0.119. The lowest BCUT2D eigenvalue weighted by atomic mass is 10.1. The molecule has 1 saturated heterocycles. The van der Waals surface area contributed by atoms with Crippen molar-refractivity contribution in [2.24, 2.45) is 5.92 Å². The zero-order valence-electron chi connectivity index (χ0n) is 16.5. The third-order valence-electron chi connectivity index (χ3n) is 6.00. The highest BCUT2D eigenvalue weighted by atomic mass is 32.2. The van der Waals surface area contributed by atoms with Crippen LogP contribution in [-0.2, 0) is 26.0 Å². The maximum absolute atomic E-state index is 13.2. The number of rotatable bonds is 5. The summed E-state index contributed by atoms with van der Waals surface area (Å²) in [6.07, 6.45) is 5.85. The normalized spacial score (nSPS) is 22.6. The van der Waals surface area contributed by atoms with Crippen LogP contribution in [0.15, 0.2) is 35.7 Å². The molecule has 1 aliphatic carbocycles. The van der Waals surface area contributed by atoms with Crippen molar-refractivity contribution in [3.63, 3.8) is 0 Å². The van der Waals surface area contributed by atoms with Crippen LogP contribution in [0.2, 0.25) is 0 Å². The zero-order valence-corrected chi connectivity index (χ0v) is 17.3. The number of carbonyl (C=O) groups excluding carboxylic acids is 2. The van der Waals surface area contributed by atoms with Gasteiger partial charge in [0.15, 0.2) is 0 Å². The molecule has 29 heavy (non-hydrogen) atoms. The van der Waals surface area contributed by atoms with Crippen molar-refractivity contribution >= 4 is 27.5 Å². The number of fused-ring (bicyclic) bond motifs is 1. The fourth-order valence-electron chi connectivity index (χ4n) is 4.18. The minimum atomic E-state index is -3.61. The van der Waals surface area contributed by atoms with E-state index in [0.29, 0.717) is 38.9 Å². The molecule has 7 nitrogen and oxygen atoms in total. The number of amides is 2. The Labute approximate surface area is 171 Å². The Morgan fingerprint density at radius 3 is 2.62 bits per heavy atom. The summed E-state index contributed by atoms with van der Waals surface area (Å²) in [5, 5.41) is 2.87. The maximum Gasteiger partial charge on any atom is 0.243 e. The number of carbonyl (C=O) groups is 2. The molecule has 2 aliphatic heterocycles. The molecule has 0 bridgehead atoms. The lowest BCUT2D eigenvalue weighted by Crippen LogP contribution is -2.36. The third-order valence-corrected chi connectivity index (χ3v) is 7.89. The molecule has 1 saturated carbocycles. The topological polar surface area (TPSA) is 86.8 Å². The zero-order chi connectivity index (χ0) is 20.6. The van der Waals surface area contributed by atoms with Crippen molar-refractivity contribution in [1.29, 1.82) is 0 Å². The van der Waals surface area contributed by atoms with E-state index >= 15 is 0 Å². The van der Waals surface area contributed by atoms with Gasteiger partial charge in [0.1, 0.15) is 0 Å². The van der Waals surface area contributed by atoms with Gasteiger partial charge in [-0.2, -0.15) is 4.31 Å². The molecule has 1 N–H and O–H groups in total. The Hall–Kier alpha value is -2.19. The molecule has 0 radical (unpaired) electrons. The van der Waals surface area contributed by atoms with Crippen molar-refractivity contribution < 1.29 is 18.0 Å². The molecule has 156 valence electrons. The highest BCUT2D eigenvalue weighted by molar-refractivity contribution is 7.89. The standard InChI is InChI=1S/C21H27N3O4S/c1-2-20(25)22-17-4-3-11-23(12-10-17)29(27,28)18-7-8-19-16(14-18)9-13-24(19)21(26)15-5-6-15/h2,7-8,14-15,17H,1,3-6,9-13H2,(H,22,25). The molecule has 2 heterocycles. The van der Waals surface area contributed by atoms with Crippen LogP contribution in [0, 0.1) is 5.92 Å². The maximum atomic E-state index is 13.2. The van der Waals surface area contributed by atoms with Crippen LogP contribution in [0.4, 0.5) is 5.69 Å². The van der Waals surface area contributed by atoms with Crippen LogP contribution >= 0.6 is 0 Å². The van der Waals surface area contributed by atoms with Crippen LogP contribution in [0.5, 0.6) is 0 Å². The van der Waals surface area contributed by atoms with Crippen molar-refractivity contribution in [3.8, 4) is 0 Å². The largest absolute Gasteiger partial charge is 0.350 e. The molecular weight excluding hydrogens is 390 g/mol. The fourth-order valence-corrected chi connectivity index (χ4v) is 5.73. The number of hydrogen-bond acceptors (Lipinski definition) is 4. The van der Waals surface area contributed by atoms with Crippen molar-refractivity contribution in [2.45, 2.75) is 49.5 Å². The first kappa shape index (κ1) is 20.1. The molecule has 1 unspecified atom stereocenters. The predicted octanol–water partition coefficient (Wildman–Crippen LogP) is 1.83. The van der Waals surface area contributed by atoms with Crippen LogP contribution in [-0.4, -0.2) is 50.2 Å². The number of nitrogens with one attached hydrogen (secondary N) is 1. The SMILES string of the molecule is C=CC(=O)NC1CCCN(S(=O)(=O)c2ccc3c(c2)CCN3C(=O)C2CC2)CC1. The number of sulfonamides is 1. The van der Waals surface area contributed by atoms with Gasteiger partial charge in [0.25, 0.3) is 0 Å². The van der Waals surface area contributed by atoms with Gasteiger partial charge in [-0.3, -0.25) is 9.59 Å². The second kappa shape index (κ2) is 7.91. The smallest absolute Gasteiger partial charge is 0.243 e. The Bertz CT molecular complexity index is 939. The molecule has 1 atom stereocenters. The molecule has 0 spiro atoms. The molecule has 1 aromatic carbocycles. The van der Waals surface area contributed by atoms with E-state index in [1.165, 1.54) is 10.4 Å². The van der Waals surface area contributed by atoms with Crippen molar-refractivity contribution in [1.82, 2.24) is 9.62 Å². The molecule has 2 fully saturated rings. The van der Waals surface area contributed by atoms with E-state index in [4.69, 9.17) is 0 Å². The van der Waals surface area contributed by atoms with E-state index in [1.54, 1.807) is 18.2 Å². The highest BCUT2D eigenvalue weighted by Crippen LogP contribution is 2.37. The summed E-state index contributed by atoms with van der Waals surface area (Å²) in [4.78, 5) is 26.1. The number of benzene rings is 1. The predicted molar refractivity (Wildman–Crippen MR) is 110 cm³/mol. The van der Waals surface area contributed by atoms with Gasteiger partial charge in [0.05, 0.1) is 4.90 Å². The van der Waals surface area contributed by atoms with E-state index in [-0.39, 0.29) is 28.7 Å². The van der Waals surface area contributed by atoms with Gasteiger partial charge in [-0.05, 0) is 68.4 Å². The number of anilines is 1. The van der Waals surface area contributed by atoms with Gasteiger partial charge < -0.3 is 10.2 Å². The Kier molecular flexibility index (Phi) is 5.48. The molecule has 4 rings (SSSR count). The minimum Gasteiger partial charge on any atom is -0.350 e. The molecule has 0 aromatic heterocycles. The summed E-state index contributed by atoms with van der Waals surface area (Å²) < 4.78 is 27.9. The second-order valence-electron chi connectivity index (χ2n) is 8.05.